The summed E-state index contributed by atoms with van der Waals surface area (Å²) in [5.74, 6) is -0.0100. The van der Waals surface area contributed by atoms with Crippen molar-refractivity contribution in [3.05, 3.63) is 53.0 Å². The maximum Gasteiger partial charge on any atom is 0.260 e. The van der Waals surface area contributed by atoms with E-state index < -0.39 is 0 Å². The SMILES string of the molecule is CCN(CC)CCN(C(=O)c1ccc2ncsc2c1)c1nc2c(C)cccc2s1. The summed E-state index contributed by atoms with van der Waals surface area (Å²) in [6, 6.07) is 11.9. The van der Waals surface area contributed by atoms with E-state index in [9.17, 15) is 4.79 Å². The summed E-state index contributed by atoms with van der Waals surface area (Å²) < 4.78 is 2.14. The smallest absolute Gasteiger partial charge is 0.260 e. The fraction of sp³-hybridized carbons (Fsp3) is 0.318. The maximum atomic E-state index is 13.5. The third-order valence-corrected chi connectivity index (χ3v) is 7.03. The van der Waals surface area contributed by atoms with E-state index in [1.54, 1.807) is 22.7 Å². The predicted molar refractivity (Wildman–Crippen MR) is 123 cm³/mol. The standard InChI is InChI=1S/C22H24N4OS2/c1-4-25(5-2)11-12-26(22-24-20-15(3)7-6-8-18(20)29-22)21(27)16-9-10-17-19(13-16)28-14-23-17/h6-10,13-14H,4-5,11-12H2,1-3H3. The van der Waals surface area contributed by atoms with Gasteiger partial charge in [-0.2, -0.15) is 0 Å². The van der Waals surface area contributed by atoms with Gasteiger partial charge in [0.25, 0.3) is 5.91 Å². The highest BCUT2D eigenvalue weighted by atomic mass is 32.1. The molecule has 0 bridgehead atoms. The van der Waals surface area contributed by atoms with Crippen molar-refractivity contribution >= 4 is 54.1 Å². The fourth-order valence-corrected chi connectivity index (χ4v) is 5.18. The molecule has 29 heavy (non-hydrogen) atoms. The molecule has 0 radical (unpaired) electrons. The van der Waals surface area contributed by atoms with Crippen LogP contribution in [0.1, 0.15) is 29.8 Å². The van der Waals surface area contributed by atoms with E-state index in [1.165, 1.54) is 0 Å². The van der Waals surface area contributed by atoms with E-state index in [4.69, 9.17) is 4.98 Å². The number of carbonyl (C=O) groups excluding carboxylic acids is 1. The van der Waals surface area contributed by atoms with E-state index in [-0.39, 0.29) is 5.91 Å². The number of carbonyl (C=O) groups is 1. The van der Waals surface area contributed by atoms with Crippen LogP contribution in [0.5, 0.6) is 0 Å². The van der Waals surface area contributed by atoms with Crippen molar-refractivity contribution in [3.8, 4) is 0 Å². The van der Waals surface area contributed by atoms with Gasteiger partial charge in [-0.3, -0.25) is 9.69 Å². The van der Waals surface area contributed by atoms with Crippen LogP contribution in [0.25, 0.3) is 20.4 Å². The van der Waals surface area contributed by atoms with Gasteiger partial charge >= 0.3 is 0 Å². The Morgan fingerprint density at radius 2 is 1.90 bits per heavy atom. The first-order valence-electron chi connectivity index (χ1n) is 9.84. The maximum absolute atomic E-state index is 13.5. The molecule has 0 saturated heterocycles. The molecule has 4 rings (SSSR count). The summed E-state index contributed by atoms with van der Waals surface area (Å²) in [6.45, 7) is 9.71. The highest BCUT2D eigenvalue weighted by molar-refractivity contribution is 7.22. The second-order valence-electron chi connectivity index (χ2n) is 6.94. The summed E-state index contributed by atoms with van der Waals surface area (Å²) in [4.78, 5) is 26.8. The topological polar surface area (TPSA) is 49.3 Å². The zero-order chi connectivity index (χ0) is 20.4. The molecule has 5 nitrogen and oxygen atoms in total. The Kier molecular flexibility index (Phi) is 5.89. The molecule has 0 fully saturated rings. The highest BCUT2D eigenvalue weighted by Gasteiger charge is 2.22. The van der Waals surface area contributed by atoms with Crippen molar-refractivity contribution in [1.82, 2.24) is 14.9 Å². The molecule has 0 aliphatic heterocycles. The van der Waals surface area contributed by atoms with Crippen LogP contribution in [0.15, 0.2) is 41.9 Å². The lowest BCUT2D eigenvalue weighted by atomic mass is 10.2. The van der Waals surface area contributed by atoms with Crippen LogP contribution in [0, 0.1) is 6.92 Å². The Bertz CT molecular complexity index is 1150. The zero-order valence-corrected chi connectivity index (χ0v) is 18.5. The van der Waals surface area contributed by atoms with Crippen molar-refractivity contribution in [2.75, 3.05) is 31.1 Å². The third kappa shape index (κ3) is 4.03. The van der Waals surface area contributed by atoms with Crippen LogP contribution in [-0.2, 0) is 0 Å². The van der Waals surface area contributed by atoms with E-state index in [1.807, 2.05) is 34.7 Å². The molecule has 0 spiro atoms. The van der Waals surface area contributed by atoms with Crippen LogP contribution in [0.3, 0.4) is 0 Å². The molecular formula is C22H24N4OS2. The number of amides is 1. The van der Waals surface area contributed by atoms with Crippen molar-refractivity contribution in [3.63, 3.8) is 0 Å². The summed E-state index contributed by atoms with van der Waals surface area (Å²) in [7, 11) is 0. The van der Waals surface area contributed by atoms with Gasteiger partial charge in [-0.15, -0.1) is 11.3 Å². The Morgan fingerprint density at radius 1 is 1.07 bits per heavy atom. The molecule has 7 heteroatoms. The van der Waals surface area contributed by atoms with Gasteiger partial charge in [-0.05, 0) is 49.8 Å². The number of thiazole rings is 2. The molecule has 0 aliphatic rings. The van der Waals surface area contributed by atoms with Gasteiger partial charge in [-0.25, -0.2) is 9.97 Å². The van der Waals surface area contributed by atoms with Crippen LogP contribution in [-0.4, -0.2) is 47.0 Å². The summed E-state index contributed by atoms with van der Waals surface area (Å²) in [5, 5.41) is 0.760. The Balaban J connectivity index is 1.71. The van der Waals surface area contributed by atoms with Gasteiger partial charge in [0, 0.05) is 18.7 Å². The van der Waals surface area contributed by atoms with Crippen molar-refractivity contribution in [2.45, 2.75) is 20.8 Å². The average molecular weight is 425 g/mol. The number of aromatic nitrogens is 2. The average Bonchev–Trinajstić information content (AvgIpc) is 3.38. The molecule has 0 atom stereocenters. The Hall–Kier alpha value is -2.35. The lowest BCUT2D eigenvalue weighted by molar-refractivity contribution is 0.0984. The van der Waals surface area contributed by atoms with Crippen molar-refractivity contribution in [1.29, 1.82) is 0 Å². The molecular weight excluding hydrogens is 400 g/mol. The minimum Gasteiger partial charge on any atom is -0.302 e. The Morgan fingerprint density at radius 3 is 2.66 bits per heavy atom. The van der Waals surface area contributed by atoms with Gasteiger partial charge in [0.1, 0.15) is 0 Å². The number of hydrogen-bond acceptors (Lipinski definition) is 6. The second kappa shape index (κ2) is 8.57. The van der Waals surface area contributed by atoms with Gasteiger partial charge < -0.3 is 4.90 Å². The fourth-order valence-electron chi connectivity index (χ4n) is 3.40. The first kappa shape index (κ1) is 19.9. The number of benzene rings is 2. The summed E-state index contributed by atoms with van der Waals surface area (Å²) >= 11 is 3.13. The lowest BCUT2D eigenvalue weighted by Crippen LogP contribution is -2.38. The highest BCUT2D eigenvalue weighted by Crippen LogP contribution is 2.31. The first-order valence-corrected chi connectivity index (χ1v) is 11.5. The minimum absolute atomic E-state index is 0.0100. The minimum atomic E-state index is -0.0100. The largest absolute Gasteiger partial charge is 0.302 e. The predicted octanol–water partition coefficient (Wildman–Crippen LogP) is 5.20. The second-order valence-corrected chi connectivity index (χ2v) is 8.83. The van der Waals surface area contributed by atoms with Crippen LogP contribution in [0.2, 0.25) is 0 Å². The lowest BCUT2D eigenvalue weighted by Gasteiger charge is -2.24. The molecule has 1 amide bonds. The van der Waals surface area contributed by atoms with Gasteiger partial charge in [0.15, 0.2) is 5.13 Å². The van der Waals surface area contributed by atoms with E-state index >= 15 is 0 Å². The number of rotatable bonds is 7. The molecule has 0 saturated carbocycles. The van der Waals surface area contributed by atoms with Gasteiger partial charge in [0.05, 0.1) is 25.9 Å². The van der Waals surface area contributed by atoms with Gasteiger partial charge in [-0.1, -0.05) is 37.3 Å². The number of hydrogen-bond donors (Lipinski definition) is 0. The quantitative estimate of drug-likeness (QED) is 0.409. The molecule has 2 aromatic heterocycles. The normalized spacial score (nSPS) is 11.6. The summed E-state index contributed by atoms with van der Waals surface area (Å²) in [5.41, 5.74) is 5.53. The zero-order valence-electron chi connectivity index (χ0n) is 16.9. The third-order valence-electron chi connectivity index (χ3n) is 5.20. The first-order chi connectivity index (χ1) is 14.1. The molecule has 2 aromatic carbocycles. The van der Waals surface area contributed by atoms with Crippen molar-refractivity contribution < 1.29 is 4.79 Å². The molecule has 0 aliphatic carbocycles. The number of para-hydroxylation sites is 1. The monoisotopic (exact) mass is 424 g/mol. The van der Waals surface area contributed by atoms with Crippen LogP contribution < -0.4 is 4.90 Å². The van der Waals surface area contributed by atoms with E-state index in [0.717, 1.165) is 50.8 Å². The van der Waals surface area contributed by atoms with E-state index in [0.29, 0.717) is 12.1 Å². The number of fused-ring (bicyclic) bond motifs is 2. The number of aryl methyl sites for hydroxylation is 1. The number of likely N-dealkylation sites (N-methyl/N-ethyl adjacent to an activating group) is 1. The molecule has 150 valence electrons. The van der Waals surface area contributed by atoms with Gasteiger partial charge in [0.2, 0.25) is 0 Å². The van der Waals surface area contributed by atoms with Crippen molar-refractivity contribution in [2.24, 2.45) is 0 Å². The molecule has 4 aromatic rings. The molecule has 0 unspecified atom stereocenters. The van der Waals surface area contributed by atoms with Crippen LogP contribution in [0.4, 0.5) is 5.13 Å². The number of anilines is 1. The van der Waals surface area contributed by atoms with Crippen LogP contribution >= 0.6 is 22.7 Å². The molecule has 2 heterocycles. The van der Waals surface area contributed by atoms with E-state index in [2.05, 4.69) is 42.8 Å². The summed E-state index contributed by atoms with van der Waals surface area (Å²) in [6.07, 6.45) is 0. The molecule has 0 N–H and O–H groups in total. The number of nitrogens with zero attached hydrogens (tertiary/aromatic N) is 4. The Labute approximate surface area is 178 Å².